The molecular weight excluding hydrogens is 280 g/mol. The van der Waals surface area contributed by atoms with Crippen LogP contribution >= 0.6 is 11.3 Å². The fraction of sp³-hybridized carbons (Fsp3) is 0.375. The minimum Gasteiger partial charge on any atom is -0.320 e. The Kier molecular flexibility index (Phi) is 5.32. The van der Waals surface area contributed by atoms with Gasteiger partial charge in [-0.05, 0) is 24.6 Å². The summed E-state index contributed by atoms with van der Waals surface area (Å²) in [5, 5.41) is 15.5. The average molecular weight is 300 g/mol. The van der Waals surface area contributed by atoms with Gasteiger partial charge >= 0.3 is 0 Å². The maximum atomic E-state index is 9.18. The molecule has 21 heavy (non-hydrogen) atoms. The number of nitrogens with zero attached hydrogens (tertiary/aromatic N) is 3. The number of aromatic nitrogens is 1. The van der Waals surface area contributed by atoms with Crippen LogP contribution in [0.1, 0.15) is 25.1 Å². The summed E-state index contributed by atoms with van der Waals surface area (Å²) in [7, 11) is 1.94. The molecule has 2 aromatic rings. The van der Waals surface area contributed by atoms with Crippen molar-refractivity contribution in [2.24, 2.45) is 5.92 Å². The Bertz CT molecular complexity index is 627. The first-order valence-corrected chi connectivity index (χ1v) is 7.87. The molecule has 1 aromatic heterocycles. The predicted octanol–water partition coefficient (Wildman–Crippen LogP) is 3.53. The minimum absolute atomic E-state index is 0.633. The number of benzene rings is 1. The summed E-state index contributed by atoms with van der Waals surface area (Å²) >= 11 is 1.60. The van der Waals surface area contributed by atoms with Gasteiger partial charge in [-0.25, -0.2) is 4.98 Å². The molecule has 0 bridgehead atoms. The zero-order valence-corrected chi connectivity index (χ0v) is 13.4. The van der Waals surface area contributed by atoms with E-state index in [1.165, 1.54) is 0 Å². The highest BCUT2D eigenvalue weighted by atomic mass is 32.1. The highest BCUT2D eigenvalue weighted by molar-refractivity contribution is 7.13. The lowest BCUT2D eigenvalue weighted by molar-refractivity contribution is 0.549. The van der Waals surface area contributed by atoms with E-state index in [9.17, 15) is 5.26 Å². The molecule has 1 aromatic carbocycles. The first-order valence-electron chi connectivity index (χ1n) is 6.99. The number of para-hydroxylation sites is 1. The molecule has 2 rings (SSSR count). The van der Waals surface area contributed by atoms with Crippen molar-refractivity contribution >= 4 is 22.2 Å². The molecule has 1 heterocycles. The van der Waals surface area contributed by atoms with Crippen LogP contribution in [0.2, 0.25) is 0 Å². The largest absolute Gasteiger partial charge is 0.320 e. The van der Waals surface area contributed by atoms with Gasteiger partial charge in [0.05, 0.1) is 16.9 Å². The van der Waals surface area contributed by atoms with E-state index in [2.05, 4.69) is 35.6 Å². The van der Waals surface area contributed by atoms with E-state index < -0.39 is 0 Å². The van der Waals surface area contributed by atoms with Crippen LogP contribution in [0.3, 0.4) is 0 Å². The third-order valence-electron chi connectivity index (χ3n) is 3.07. The molecular formula is C16H20N4S. The second kappa shape index (κ2) is 7.21. The van der Waals surface area contributed by atoms with Crippen LogP contribution in [0.4, 0.5) is 10.8 Å². The van der Waals surface area contributed by atoms with Crippen molar-refractivity contribution in [3.63, 3.8) is 0 Å². The number of thiazole rings is 1. The van der Waals surface area contributed by atoms with Gasteiger partial charge < -0.3 is 10.2 Å². The molecule has 0 amide bonds. The average Bonchev–Trinajstić information content (AvgIpc) is 2.95. The van der Waals surface area contributed by atoms with Gasteiger partial charge in [0.15, 0.2) is 5.13 Å². The fourth-order valence-corrected chi connectivity index (χ4v) is 2.79. The molecule has 0 radical (unpaired) electrons. The number of anilines is 2. The van der Waals surface area contributed by atoms with E-state index in [-0.39, 0.29) is 0 Å². The van der Waals surface area contributed by atoms with Gasteiger partial charge in [-0.3, -0.25) is 0 Å². The summed E-state index contributed by atoms with van der Waals surface area (Å²) < 4.78 is 0. The third kappa shape index (κ3) is 4.03. The van der Waals surface area contributed by atoms with Gasteiger partial charge in [-0.15, -0.1) is 11.3 Å². The van der Waals surface area contributed by atoms with Gasteiger partial charge in [0, 0.05) is 19.0 Å². The Morgan fingerprint density at radius 1 is 1.38 bits per heavy atom. The molecule has 0 saturated heterocycles. The van der Waals surface area contributed by atoms with E-state index in [0.717, 1.165) is 29.6 Å². The summed E-state index contributed by atoms with van der Waals surface area (Å²) in [5.74, 6) is 0.633. The van der Waals surface area contributed by atoms with Crippen molar-refractivity contribution in [1.82, 2.24) is 10.3 Å². The molecule has 4 nitrogen and oxygen atoms in total. The van der Waals surface area contributed by atoms with E-state index in [1.54, 1.807) is 11.3 Å². The Balaban J connectivity index is 2.08. The second-order valence-electron chi connectivity index (χ2n) is 5.33. The van der Waals surface area contributed by atoms with Crippen molar-refractivity contribution in [3.8, 4) is 6.07 Å². The smallest absolute Gasteiger partial charge is 0.189 e. The normalized spacial score (nSPS) is 10.6. The standard InChI is InChI=1S/C16H20N4S/c1-12(2)9-18-10-14-11-21-16(19-14)20(3)15-7-5-4-6-13(15)8-17/h4-7,11-12,18H,9-10H2,1-3H3. The van der Waals surface area contributed by atoms with Crippen LogP contribution in [0.5, 0.6) is 0 Å². The summed E-state index contributed by atoms with van der Waals surface area (Å²) in [5.41, 5.74) is 2.59. The second-order valence-corrected chi connectivity index (χ2v) is 6.17. The predicted molar refractivity (Wildman–Crippen MR) is 87.9 cm³/mol. The zero-order valence-electron chi connectivity index (χ0n) is 12.6. The summed E-state index contributed by atoms with van der Waals surface area (Å²) in [6, 6.07) is 9.80. The quantitative estimate of drug-likeness (QED) is 0.886. The van der Waals surface area contributed by atoms with Crippen molar-refractivity contribution in [1.29, 1.82) is 5.26 Å². The number of hydrogen-bond acceptors (Lipinski definition) is 5. The monoisotopic (exact) mass is 300 g/mol. The van der Waals surface area contributed by atoms with Crippen LogP contribution in [0, 0.1) is 17.2 Å². The van der Waals surface area contributed by atoms with Gasteiger partial charge in [0.1, 0.15) is 6.07 Å². The third-order valence-corrected chi connectivity index (χ3v) is 4.04. The van der Waals surface area contributed by atoms with Gasteiger partial charge in [0.25, 0.3) is 0 Å². The van der Waals surface area contributed by atoms with Crippen LogP contribution in [-0.2, 0) is 6.54 Å². The van der Waals surface area contributed by atoms with Gasteiger partial charge in [-0.1, -0.05) is 26.0 Å². The molecule has 0 aliphatic carbocycles. The van der Waals surface area contributed by atoms with Crippen LogP contribution < -0.4 is 10.2 Å². The first kappa shape index (κ1) is 15.5. The van der Waals surface area contributed by atoms with Crippen LogP contribution in [0.25, 0.3) is 0 Å². The molecule has 0 aliphatic heterocycles. The van der Waals surface area contributed by atoms with Gasteiger partial charge in [0.2, 0.25) is 0 Å². The van der Waals surface area contributed by atoms with Crippen LogP contribution in [0.15, 0.2) is 29.6 Å². The first-order chi connectivity index (χ1) is 10.1. The molecule has 0 saturated carbocycles. The Hall–Kier alpha value is -1.90. The molecule has 1 N–H and O–H groups in total. The maximum Gasteiger partial charge on any atom is 0.189 e. The topological polar surface area (TPSA) is 52.0 Å². The Morgan fingerprint density at radius 2 is 2.14 bits per heavy atom. The van der Waals surface area contributed by atoms with E-state index in [4.69, 9.17) is 0 Å². The summed E-state index contributed by atoms with van der Waals surface area (Å²) in [4.78, 5) is 6.60. The summed E-state index contributed by atoms with van der Waals surface area (Å²) in [6.07, 6.45) is 0. The zero-order chi connectivity index (χ0) is 15.2. The molecule has 0 aliphatic rings. The molecule has 0 spiro atoms. The lowest BCUT2D eigenvalue weighted by Crippen LogP contribution is -2.19. The lowest BCUT2D eigenvalue weighted by Gasteiger charge is -2.17. The van der Waals surface area contributed by atoms with Crippen molar-refractivity contribution in [3.05, 3.63) is 40.9 Å². The minimum atomic E-state index is 0.633. The lowest BCUT2D eigenvalue weighted by atomic mass is 10.2. The van der Waals surface area contributed by atoms with E-state index in [0.29, 0.717) is 11.5 Å². The van der Waals surface area contributed by atoms with Crippen molar-refractivity contribution in [2.75, 3.05) is 18.5 Å². The van der Waals surface area contributed by atoms with Gasteiger partial charge in [-0.2, -0.15) is 5.26 Å². The number of rotatable bonds is 6. The number of nitriles is 1. The van der Waals surface area contributed by atoms with Crippen LogP contribution in [-0.4, -0.2) is 18.6 Å². The Labute approximate surface area is 130 Å². The number of nitrogens with one attached hydrogen (secondary N) is 1. The SMILES string of the molecule is CC(C)CNCc1csc(N(C)c2ccccc2C#N)n1. The molecule has 0 fully saturated rings. The molecule has 110 valence electrons. The van der Waals surface area contributed by atoms with E-state index in [1.807, 2.05) is 36.2 Å². The van der Waals surface area contributed by atoms with E-state index >= 15 is 0 Å². The summed E-state index contributed by atoms with van der Waals surface area (Å²) in [6.45, 7) is 6.14. The van der Waals surface area contributed by atoms with Crippen molar-refractivity contribution in [2.45, 2.75) is 20.4 Å². The number of hydrogen-bond donors (Lipinski definition) is 1. The fourth-order valence-electron chi connectivity index (χ4n) is 1.98. The van der Waals surface area contributed by atoms with Crippen molar-refractivity contribution < 1.29 is 0 Å². The molecule has 0 unspecified atom stereocenters. The Morgan fingerprint density at radius 3 is 2.86 bits per heavy atom. The maximum absolute atomic E-state index is 9.18. The highest BCUT2D eigenvalue weighted by Gasteiger charge is 2.12. The highest BCUT2D eigenvalue weighted by Crippen LogP contribution is 2.29. The molecule has 0 atom stereocenters. The molecule has 5 heteroatoms.